The maximum atomic E-state index is 10.8. The Kier molecular flexibility index (Phi) is 5.85. The standard InChI is InChI=1S/C23H22I2N2O/c1-14-4-3-5-21(15(14)2)26-12-18(28)13-27-22-8-6-16(24)10-19(22)20-11-17(25)7-9-23(20)27/h3-11,18,26,28H,12-13H2,1-2H3/t18-/m0/s1. The number of halogens is 2. The molecule has 0 bridgehead atoms. The molecule has 0 spiro atoms. The fraction of sp³-hybridized carbons (Fsp3) is 0.217. The zero-order valence-corrected chi connectivity index (χ0v) is 20.2. The van der Waals surface area contributed by atoms with Crippen LogP contribution in [0.3, 0.4) is 0 Å². The Morgan fingerprint density at radius 3 is 2.14 bits per heavy atom. The second kappa shape index (κ2) is 8.20. The SMILES string of the molecule is Cc1cccc(NC[C@H](O)Cn2c3ccc(I)cc3c3cc(I)ccc32)c1C. The van der Waals surface area contributed by atoms with Crippen LogP contribution in [0.25, 0.3) is 21.8 Å². The van der Waals surface area contributed by atoms with Gasteiger partial charge in [0.2, 0.25) is 0 Å². The largest absolute Gasteiger partial charge is 0.389 e. The molecule has 5 heteroatoms. The van der Waals surface area contributed by atoms with Gasteiger partial charge in [-0.15, -0.1) is 0 Å². The van der Waals surface area contributed by atoms with Crippen LogP contribution in [-0.2, 0) is 6.54 Å². The van der Waals surface area contributed by atoms with Crippen LogP contribution in [0.2, 0.25) is 0 Å². The topological polar surface area (TPSA) is 37.2 Å². The Bertz CT molecular complexity index is 1110. The highest BCUT2D eigenvalue weighted by Crippen LogP contribution is 2.31. The molecule has 1 atom stereocenters. The van der Waals surface area contributed by atoms with Crippen LogP contribution in [0.1, 0.15) is 11.1 Å². The van der Waals surface area contributed by atoms with Crippen LogP contribution >= 0.6 is 45.2 Å². The van der Waals surface area contributed by atoms with E-state index in [1.54, 1.807) is 0 Å². The monoisotopic (exact) mass is 596 g/mol. The number of aliphatic hydroxyl groups is 1. The number of aromatic nitrogens is 1. The summed E-state index contributed by atoms with van der Waals surface area (Å²) in [6, 6.07) is 19.3. The van der Waals surface area contributed by atoms with Gasteiger partial charge in [-0.3, -0.25) is 0 Å². The van der Waals surface area contributed by atoms with E-state index in [9.17, 15) is 5.11 Å². The number of benzene rings is 3. The third-order valence-electron chi connectivity index (χ3n) is 5.32. The van der Waals surface area contributed by atoms with Crippen molar-refractivity contribution < 1.29 is 5.11 Å². The van der Waals surface area contributed by atoms with Gasteiger partial charge in [0.05, 0.1) is 12.6 Å². The third kappa shape index (κ3) is 3.89. The number of rotatable bonds is 5. The number of aliphatic hydroxyl groups excluding tert-OH is 1. The van der Waals surface area contributed by atoms with Crippen molar-refractivity contribution in [1.29, 1.82) is 0 Å². The van der Waals surface area contributed by atoms with Gasteiger partial charge >= 0.3 is 0 Å². The van der Waals surface area contributed by atoms with Crippen LogP contribution < -0.4 is 5.32 Å². The summed E-state index contributed by atoms with van der Waals surface area (Å²) in [5.74, 6) is 0. The van der Waals surface area contributed by atoms with Gasteiger partial charge in [0, 0.05) is 41.2 Å². The number of hydrogen-bond donors (Lipinski definition) is 2. The molecule has 0 aliphatic heterocycles. The fourth-order valence-corrected chi connectivity index (χ4v) is 4.67. The molecule has 3 aromatic carbocycles. The molecular weight excluding hydrogens is 574 g/mol. The summed E-state index contributed by atoms with van der Waals surface area (Å²) < 4.78 is 4.69. The molecule has 144 valence electrons. The molecule has 1 heterocycles. The average molecular weight is 596 g/mol. The normalized spacial score (nSPS) is 12.6. The van der Waals surface area contributed by atoms with Crippen LogP contribution in [0.5, 0.6) is 0 Å². The van der Waals surface area contributed by atoms with Crippen molar-refractivity contribution >= 4 is 72.7 Å². The van der Waals surface area contributed by atoms with Crippen molar-refractivity contribution in [3.8, 4) is 0 Å². The smallest absolute Gasteiger partial charge is 0.0891 e. The van der Waals surface area contributed by atoms with Gasteiger partial charge in [0.1, 0.15) is 0 Å². The van der Waals surface area contributed by atoms with Gasteiger partial charge in [-0.05, 0) is 113 Å². The Morgan fingerprint density at radius 1 is 0.929 bits per heavy atom. The van der Waals surface area contributed by atoms with E-state index in [1.165, 1.54) is 40.1 Å². The summed E-state index contributed by atoms with van der Waals surface area (Å²) in [5.41, 5.74) is 5.92. The summed E-state index contributed by atoms with van der Waals surface area (Å²) in [7, 11) is 0. The lowest BCUT2D eigenvalue weighted by atomic mass is 10.1. The molecule has 0 saturated heterocycles. The Labute approximate surface area is 192 Å². The molecule has 2 N–H and O–H groups in total. The quantitative estimate of drug-likeness (QED) is 0.274. The predicted octanol–water partition coefficient (Wildman–Crippen LogP) is 6.09. The minimum Gasteiger partial charge on any atom is -0.389 e. The first-order valence-electron chi connectivity index (χ1n) is 9.29. The van der Waals surface area contributed by atoms with Crippen molar-refractivity contribution in [1.82, 2.24) is 4.57 Å². The van der Waals surface area contributed by atoms with Crippen LogP contribution in [0.15, 0.2) is 54.6 Å². The predicted molar refractivity (Wildman–Crippen MR) is 135 cm³/mol. The van der Waals surface area contributed by atoms with E-state index in [2.05, 4.69) is 117 Å². The molecule has 0 amide bonds. The van der Waals surface area contributed by atoms with E-state index in [0.717, 1.165) is 5.69 Å². The first-order chi connectivity index (χ1) is 13.4. The van der Waals surface area contributed by atoms with Gasteiger partial charge < -0.3 is 15.0 Å². The average Bonchev–Trinajstić information content (AvgIpc) is 2.95. The first-order valence-corrected chi connectivity index (χ1v) is 11.4. The molecule has 0 aliphatic carbocycles. The number of aryl methyl sites for hydroxylation is 1. The molecule has 0 unspecified atom stereocenters. The molecule has 0 saturated carbocycles. The van der Waals surface area contributed by atoms with Gasteiger partial charge in [0.15, 0.2) is 0 Å². The summed E-state index contributed by atoms with van der Waals surface area (Å²) in [6.07, 6.45) is -0.489. The van der Waals surface area contributed by atoms with Gasteiger partial charge in [-0.1, -0.05) is 12.1 Å². The number of fused-ring (bicyclic) bond motifs is 3. The molecule has 0 fully saturated rings. The highest BCUT2D eigenvalue weighted by Gasteiger charge is 2.15. The maximum absolute atomic E-state index is 10.8. The minimum absolute atomic E-state index is 0.489. The van der Waals surface area contributed by atoms with E-state index < -0.39 is 6.10 Å². The summed E-state index contributed by atoms with van der Waals surface area (Å²) in [5, 5.41) is 16.7. The van der Waals surface area contributed by atoms with Crippen molar-refractivity contribution in [2.75, 3.05) is 11.9 Å². The van der Waals surface area contributed by atoms with E-state index in [1.807, 2.05) is 6.07 Å². The summed E-state index contributed by atoms with van der Waals surface area (Å²) in [4.78, 5) is 0. The van der Waals surface area contributed by atoms with Crippen LogP contribution in [0, 0.1) is 21.0 Å². The van der Waals surface area contributed by atoms with Crippen LogP contribution in [-0.4, -0.2) is 22.3 Å². The zero-order chi connectivity index (χ0) is 19.8. The lowest BCUT2D eigenvalue weighted by molar-refractivity contribution is 0.169. The van der Waals surface area contributed by atoms with E-state index >= 15 is 0 Å². The van der Waals surface area contributed by atoms with Crippen LogP contribution in [0.4, 0.5) is 5.69 Å². The van der Waals surface area contributed by atoms with E-state index in [4.69, 9.17) is 0 Å². The molecule has 4 rings (SSSR count). The molecule has 3 nitrogen and oxygen atoms in total. The molecule has 4 aromatic rings. The third-order valence-corrected chi connectivity index (χ3v) is 6.66. The molecule has 28 heavy (non-hydrogen) atoms. The molecule has 1 aromatic heterocycles. The Morgan fingerprint density at radius 2 is 1.54 bits per heavy atom. The summed E-state index contributed by atoms with van der Waals surface area (Å²) in [6.45, 7) is 5.29. The minimum atomic E-state index is -0.489. The number of nitrogens with zero attached hydrogens (tertiary/aromatic N) is 1. The molecular formula is C23H22I2N2O. The number of hydrogen-bond acceptors (Lipinski definition) is 2. The Hall–Kier alpha value is -1.32. The number of anilines is 1. The van der Waals surface area contributed by atoms with Gasteiger partial charge in [-0.2, -0.15) is 0 Å². The highest BCUT2D eigenvalue weighted by molar-refractivity contribution is 14.1. The first kappa shape index (κ1) is 20.0. The van der Waals surface area contributed by atoms with Gasteiger partial charge in [-0.25, -0.2) is 0 Å². The molecule has 0 aliphatic rings. The number of nitrogens with one attached hydrogen (secondary N) is 1. The molecule has 0 radical (unpaired) electrons. The second-order valence-electron chi connectivity index (χ2n) is 7.22. The lowest BCUT2D eigenvalue weighted by Gasteiger charge is -2.17. The highest BCUT2D eigenvalue weighted by atomic mass is 127. The van der Waals surface area contributed by atoms with Crippen molar-refractivity contribution in [2.24, 2.45) is 0 Å². The van der Waals surface area contributed by atoms with Crippen molar-refractivity contribution in [2.45, 2.75) is 26.5 Å². The maximum Gasteiger partial charge on any atom is 0.0891 e. The van der Waals surface area contributed by atoms with Crippen molar-refractivity contribution in [3.63, 3.8) is 0 Å². The summed E-state index contributed by atoms with van der Waals surface area (Å²) >= 11 is 4.72. The van der Waals surface area contributed by atoms with E-state index in [0.29, 0.717) is 13.1 Å². The fourth-order valence-electron chi connectivity index (χ4n) is 3.69. The lowest BCUT2D eigenvalue weighted by Crippen LogP contribution is -2.25. The second-order valence-corrected chi connectivity index (χ2v) is 9.71. The van der Waals surface area contributed by atoms with Crippen molar-refractivity contribution in [3.05, 3.63) is 72.9 Å². The Balaban J connectivity index is 1.64. The van der Waals surface area contributed by atoms with Gasteiger partial charge in [0.25, 0.3) is 0 Å². The van der Waals surface area contributed by atoms with E-state index in [-0.39, 0.29) is 0 Å². The zero-order valence-electron chi connectivity index (χ0n) is 15.8.